The van der Waals surface area contributed by atoms with Crippen LogP contribution in [-0.2, 0) is 20.2 Å². The fraction of sp³-hybridized carbons (Fsp3) is 0.188. The molecule has 1 heterocycles. The SMILES string of the molecule is CC1(C)C(=O)Nc2ccc(S(=O)(=O)Nc3cccc(Br)c3)cc21. The van der Waals surface area contributed by atoms with E-state index in [1.165, 1.54) is 6.07 Å². The molecule has 0 aromatic heterocycles. The van der Waals surface area contributed by atoms with Gasteiger partial charge in [0.05, 0.1) is 10.3 Å². The Morgan fingerprint density at radius 3 is 2.57 bits per heavy atom. The maximum absolute atomic E-state index is 12.6. The first-order chi connectivity index (χ1) is 10.7. The first-order valence-corrected chi connectivity index (χ1v) is 9.22. The van der Waals surface area contributed by atoms with Crippen LogP contribution in [-0.4, -0.2) is 14.3 Å². The molecule has 0 spiro atoms. The van der Waals surface area contributed by atoms with Gasteiger partial charge in [-0.1, -0.05) is 22.0 Å². The smallest absolute Gasteiger partial charge is 0.261 e. The van der Waals surface area contributed by atoms with Crippen molar-refractivity contribution < 1.29 is 13.2 Å². The van der Waals surface area contributed by atoms with Crippen molar-refractivity contribution in [3.05, 3.63) is 52.5 Å². The highest BCUT2D eigenvalue weighted by Crippen LogP contribution is 2.38. The van der Waals surface area contributed by atoms with Crippen molar-refractivity contribution in [3.8, 4) is 0 Å². The van der Waals surface area contributed by atoms with Crippen LogP contribution in [0.1, 0.15) is 19.4 Å². The third kappa shape index (κ3) is 2.86. The molecule has 0 saturated carbocycles. The van der Waals surface area contributed by atoms with Crippen LogP contribution in [0.15, 0.2) is 51.8 Å². The lowest BCUT2D eigenvalue weighted by Gasteiger charge is -2.16. The van der Waals surface area contributed by atoms with Crippen LogP contribution in [0.5, 0.6) is 0 Å². The molecular formula is C16H15BrN2O3S. The highest BCUT2D eigenvalue weighted by atomic mass is 79.9. The molecule has 23 heavy (non-hydrogen) atoms. The standard InChI is InChI=1S/C16H15BrN2O3S/c1-16(2)13-9-12(6-7-14(13)18-15(16)20)23(21,22)19-11-5-3-4-10(17)8-11/h3-9,19H,1-2H3,(H,18,20). The fourth-order valence-electron chi connectivity index (χ4n) is 2.48. The number of fused-ring (bicyclic) bond motifs is 1. The number of anilines is 2. The lowest BCUT2D eigenvalue weighted by Crippen LogP contribution is -2.27. The zero-order valence-electron chi connectivity index (χ0n) is 12.6. The van der Waals surface area contributed by atoms with Gasteiger partial charge in [0.2, 0.25) is 5.91 Å². The second-order valence-corrected chi connectivity index (χ2v) is 8.50. The maximum Gasteiger partial charge on any atom is 0.261 e. The molecule has 5 nitrogen and oxygen atoms in total. The average Bonchev–Trinajstić information content (AvgIpc) is 2.68. The first-order valence-electron chi connectivity index (χ1n) is 6.94. The molecule has 2 N–H and O–H groups in total. The van der Waals surface area contributed by atoms with Gasteiger partial charge >= 0.3 is 0 Å². The summed E-state index contributed by atoms with van der Waals surface area (Å²) >= 11 is 3.31. The van der Waals surface area contributed by atoms with Crippen molar-refractivity contribution in [3.63, 3.8) is 0 Å². The molecule has 1 amide bonds. The summed E-state index contributed by atoms with van der Waals surface area (Å²) in [5.74, 6) is -0.137. The van der Waals surface area contributed by atoms with Crippen LogP contribution in [0.25, 0.3) is 0 Å². The Morgan fingerprint density at radius 1 is 1.13 bits per heavy atom. The van der Waals surface area contributed by atoms with Crippen LogP contribution in [0.2, 0.25) is 0 Å². The van der Waals surface area contributed by atoms with Gasteiger partial charge in [0.1, 0.15) is 0 Å². The second kappa shape index (κ2) is 5.35. The van der Waals surface area contributed by atoms with Crippen molar-refractivity contribution in [2.45, 2.75) is 24.2 Å². The Hall–Kier alpha value is -1.86. The summed E-state index contributed by atoms with van der Waals surface area (Å²) in [6.07, 6.45) is 0. The van der Waals surface area contributed by atoms with E-state index in [2.05, 4.69) is 26.0 Å². The lowest BCUT2D eigenvalue weighted by molar-refractivity contribution is -0.119. The van der Waals surface area contributed by atoms with Crippen molar-refractivity contribution in [2.75, 3.05) is 10.0 Å². The van der Waals surface area contributed by atoms with E-state index in [9.17, 15) is 13.2 Å². The number of carbonyl (C=O) groups excluding carboxylic acids is 1. The number of hydrogen-bond acceptors (Lipinski definition) is 3. The lowest BCUT2D eigenvalue weighted by atomic mass is 9.86. The van der Waals surface area contributed by atoms with Crippen molar-refractivity contribution in [2.24, 2.45) is 0 Å². The van der Waals surface area contributed by atoms with Gasteiger partial charge in [-0.3, -0.25) is 9.52 Å². The minimum atomic E-state index is -3.73. The summed E-state index contributed by atoms with van der Waals surface area (Å²) in [4.78, 5) is 12.1. The third-order valence-electron chi connectivity index (χ3n) is 3.87. The molecule has 0 unspecified atom stereocenters. The topological polar surface area (TPSA) is 75.3 Å². The Morgan fingerprint density at radius 2 is 1.87 bits per heavy atom. The Bertz CT molecular complexity index is 907. The molecule has 2 aromatic carbocycles. The molecule has 120 valence electrons. The van der Waals surface area contributed by atoms with Gasteiger partial charge < -0.3 is 5.32 Å². The zero-order chi connectivity index (χ0) is 16.8. The van der Waals surface area contributed by atoms with E-state index in [4.69, 9.17) is 0 Å². The number of hydrogen-bond donors (Lipinski definition) is 2. The number of carbonyl (C=O) groups is 1. The van der Waals surface area contributed by atoms with Gasteiger partial charge in [0, 0.05) is 15.8 Å². The van der Waals surface area contributed by atoms with Gasteiger partial charge in [-0.15, -0.1) is 0 Å². The van der Waals surface area contributed by atoms with Gasteiger partial charge in [-0.25, -0.2) is 8.42 Å². The number of amides is 1. The van der Waals surface area contributed by atoms with Gasteiger partial charge in [0.25, 0.3) is 10.0 Å². The van der Waals surface area contributed by atoms with E-state index < -0.39 is 15.4 Å². The maximum atomic E-state index is 12.6. The van der Waals surface area contributed by atoms with Crippen LogP contribution in [0.3, 0.4) is 0 Å². The van der Waals surface area contributed by atoms with Crippen molar-refractivity contribution in [1.29, 1.82) is 0 Å². The van der Waals surface area contributed by atoms with Crippen LogP contribution < -0.4 is 10.0 Å². The molecule has 2 aromatic rings. The van der Waals surface area contributed by atoms with E-state index >= 15 is 0 Å². The largest absolute Gasteiger partial charge is 0.325 e. The summed E-state index contributed by atoms with van der Waals surface area (Å²) in [6.45, 7) is 3.54. The van der Waals surface area contributed by atoms with Crippen LogP contribution in [0.4, 0.5) is 11.4 Å². The minimum absolute atomic E-state index is 0.126. The van der Waals surface area contributed by atoms with E-state index in [0.717, 1.165) is 4.47 Å². The minimum Gasteiger partial charge on any atom is -0.325 e. The summed E-state index contributed by atoms with van der Waals surface area (Å²) in [6, 6.07) is 11.6. The van der Waals surface area contributed by atoms with Gasteiger partial charge in [0.15, 0.2) is 0 Å². The number of benzene rings is 2. The summed E-state index contributed by atoms with van der Waals surface area (Å²) in [5.41, 5.74) is 1.05. The summed E-state index contributed by atoms with van der Waals surface area (Å²) in [5, 5.41) is 2.76. The molecule has 0 atom stereocenters. The summed E-state index contributed by atoms with van der Waals surface area (Å²) in [7, 11) is -3.73. The number of rotatable bonds is 3. The molecule has 7 heteroatoms. The number of halogens is 1. The average molecular weight is 395 g/mol. The summed E-state index contributed by atoms with van der Waals surface area (Å²) < 4.78 is 28.5. The highest BCUT2D eigenvalue weighted by Gasteiger charge is 2.39. The first kappa shape index (κ1) is 16.0. The van der Waals surface area contributed by atoms with E-state index in [-0.39, 0.29) is 10.8 Å². The van der Waals surface area contributed by atoms with Gasteiger partial charge in [-0.05, 0) is 55.8 Å². The molecule has 0 bridgehead atoms. The van der Waals surface area contributed by atoms with Crippen molar-refractivity contribution in [1.82, 2.24) is 0 Å². The quantitative estimate of drug-likeness (QED) is 0.836. The van der Waals surface area contributed by atoms with Crippen LogP contribution >= 0.6 is 15.9 Å². The second-order valence-electron chi connectivity index (χ2n) is 5.90. The van der Waals surface area contributed by atoms with Crippen LogP contribution in [0, 0.1) is 0 Å². The Kier molecular flexibility index (Phi) is 3.72. The molecule has 3 rings (SSSR count). The highest BCUT2D eigenvalue weighted by molar-refractivity contribution is 9.10. The number of nitrogens with one attached hydrogen (secondary N) is 2. The zero-order valence-corrected chi connectivity index (χ0v) is 15.0. The third-order valence-corrected chi connectivity index (χ3v) is 5.74. The Labute approximate surface area is 143 Å². The predicted octanol–water partition coefficient (Wildman–Crippen LogP) is 3.48. The van der Waals surface area contributed by atoms with E-state index in [0.29, 0.717) is 16.9 Å². The number of sulfonamides is 1. The molecule has 0 aliphatic carbocycles. The predicted molar refractivity (Wildman–Crippen MR) is 93.0 cm³/mol. The van der Waals surface area contributed by atoms with E-state index in [1.54, 1.807) is 44.2 Å². The van der Waals surface area contributed by atoms with Gasteiger partial charge in [-0.2, -0.15) is 0 Å². The molecule has 0 radical (unpaired) electrons. The molecule has 0 fully saturated rings. The Balaban J connectivity index is 1.99. The molecule has 1 aliphatic rings. The fourth-order valence-corrected chi connectivity index (χ4v) is 3.96. The molecule has 1 aliphatic heterocycles. The molecule has 0 saturated heterocycles. The van der Waals surface area contributed by atoms with Crippen molar-refractivity contribution >= 4 is 43.2 Å². The monoisotopic (exact) mass is 394 g/mol. The van der Waals surface area contributed by atoms with E-state index in [1.807, 2.05) is 6.07 Å². The molecular weight excluding hydrogens is 380 g/mol. The normalized spacial score (nSPS) is 15.9.